The van der Waals surface area contributed by atoms with Crippen molar-refractivity contribution in [2.24, 2.45) is 0 Å². The third-order valence-electron chi connectivity index (χ3n) is 2.62. The number of hydrogen-bond donors (Lipinski definition) is 1. The third kappa shape index (κ3) is 2.01. The van der Waals surface area contributed by atoms with Crippen LogP contribution >= 0.6 is 0 Å². The van der Waals surface area contributed by atoms with Gasteiger partial charge >= 0.3 is 5.97 Å². The van der Waals surface area contributed by atoms with E-state index in [2.05, 4.69) is 0 Å². The number of hydrogen-bond acceptors (Lipinski definition) is 2. The van der Waals surface area contributed by atoms with E-state index in [1.54, 1.807) is 17.7 Å². The number of aromatic nitrogens is 1. The summed E-state index contributed by atoms with van der Waals surface area (Å²) in [5, 5.41) is 9.46. The van der Waals surface area contributed by atoms with E-state index in [4.69, 9.17) is 9.84 Å². The van der Waals surface area contributed by atoms with Crippen LogP contribution in [0.15, 0.2) is 24.4 Å². The summed E-state index contributed by atoms with van der Waals surface area (Å²) in [5.41, 5.74) is 0.414. The van der Waals surface area contributed by atoms with E-state index in [0.29, 0.717) is 24.1 Å². The van der Waals surface area contributed by atoms with Crippen molar-refractivity contribution in [2.75, 3.05) is 13.7 Å². The number of ether oxygens (including phenoxy) is 1. The molecular formula is C12H12FNO3. The molecule has 0 aliphatic carbocycles. The highest BCUT2D eigenvalue weighted by molar-refractivity contribution is 6.03. The quantitative estimate of drug-likeness (QED) is 0.886. The van der Waals surface area contributed by atoms with E-state index < -0.39 is 11.8 Å². The fourth-order valence-corrected chi connectivity index (χ4v) is 1.85. The summed E-state index contributed by atoms with van der Waals surface area (Å²) in [4.78, 5) is 11.0. The van der Waals surface area contributed by atoms with Crippen LogP contribution < -0.4 is 0 Å². The van der Waals surface area contributed by atoms with Crippen molar-refractivity contribution in [3.05, 3.63) is 35.8 Å². The molecule has 90 valence electrons. The zero-order chi connectivity index (χ0) is 12.4. The first kappa shape index (κ1) is 11.6. The van der Waals surface area contributed by atoms with E-state index in [9.17, 15) is 9.18 Å². The maximum Gasteiger partial charge on any atom is 0.337 e. The summed E-state index contributed by atoms with van der Waals surface area (Å²) in [5.74, 6) is -1.48. The molecule has 1 aromatic carbocycles. The second-order valence-electron chi connectivity index (χ2n) is 3.67. The van der Waals surface area contributed by atoms with Gasteiger partial charge in [0.2, 0.25) is 0 Å². The second kappa shape index (κ2) is 4.55. The fourth-order valence-electron chi connectivity index (χ4n) is 1.85. The van der Waals surface area contributed by atoms with Gasteiger partial charge in [0.15, 0.2) is 0 Å². The highest BCUT2D eigenvalue weighted by atomic mass is 19.1. The molecule has 0 unspecified atom stereocenters. The van der Waals surface area contributed by atoms with Gasteiger partial charge in [0.1, 0.15) is 5.82 Å². The lowest BCUT2D eigenvalue weighted by Gasteiger charge is -2.04. The van der Waals surface area contributed by atoms with Crippen LogP contribution in [0.1, 0.15) is 10.4 Å². The first-order chi connectivity index (χ1) is 8.15. The summed E-state index contributed by atoms with van der Waals surface area (Å²) in [6.45, 7) is 0.818. The molecule has 1 aromatic heterocycles. The van der Waals surface area contributed by atoms with Crippen molar-refractivity contribution < 1.29 is 19.0 Å². The van der Waals surface area contributed by atoms with Crippen LogP contribution in [0.5, 0.6) is 0 Å². The summed E-state index contributed by atoms with van der Waals surface area (Å²) < 4.78 is 20.2. The molecule has 0 saturated heterocycles. The van der Waals surface area contributed by atoms with E-state index in [0.717, 1.165) is 0 Å². The van der Waals surface area contributed by atoms with Gasteiger partial charge in [-0.15, -0.1) is 0 Å². The van der Waals surface area contributed by atoms with Gasteiger partial charge < -0.3 is 14.4 Å². The SMILES string of the molecule is COCCn1cc(C(=O)O)c2cccc(F)c21. The second-order valence-corrected chi connectivity index (χ2v) is 3.67. The monoisotopic (exact) mass is 237 g/mol. The van der Waals surface area contributed by atoms with Crippen molar-refractivity contribution in [1.29, 1.82) is 0 Å². The van der Waals surface area contributed by atoms with Gasteiger partial charge in [-0.3, -0.25) is 0 Å². The minimum atomic E-state index is -1.06. The third-order valence-corrected chi connectivity index (χ3v) is 2.62. The van der Waals surface area contributed by atoms with E-state index in [1.807, 2.05) is 0 Å². The Balaban J connectivity index is 2.63. The molecule has 4 nitrogen and oxygen atoms in total. The Kier molecular flexibility index (Phi) is 3.10. The molecule has 0 saturated carbocycles. The molecule has 0 spiro atoms. The molecule has 5 heteroatoms. The van der Waals surface area contributed by atoms with E-state index in [-0.39, 0.29) is 5.56 Å². The Hall–Kier alpha value is -1.88. The van der Waals surface area contributed by atoms with Crippen LogP contribution in [0, 0.1) is 5.82 Å². The number of para-hydroxylation sites is 1. The number of methoxy groups -OCH3 is 1. The lowest BCUT2D eigenvalue weighted by atomic mass is 10.2. The van der Waals surface area contributed by atoms with Crippen LogP contribution in [-0.4, -0.2) is 29.4 Å². The van der Waals surface area contributed by atoms with Crippen molar-refractivity contribution in [3.63, 3.8) is 0 Å². The number of halogens is 1. The molecule has 0 radical (unpaired) electrons. The lowest BCUT2D eigenvalue weighted by Crippen LogP contribution is -2.03. The summed E-state index contributed by atoms with van der Waals surface area (Å²) in [6.07, 6.45) is 1.44. The number of aromatic carboxylic acids is 1. The average Bonchev–Trinajstić information content (AvgIpc) is 2.67. The summed E-state index contributed by atoms with van der Waals surface area (Å²) in [7, 11) is 1.54. The molecule has 0 fully saturated rings. The highest BCUT2D eigenvalue weighted by Gasteiger charge is 2.16. The molecule has 0 aliphatic heterocycles. The lowest BCUT2D eigenvalue weighted by molar-refractivity contribution is 0.0698. The minimum Gasteiger partial charge on any atom is -0.478 e. The van der Waals surface area contributed by atoms with Gasteiger partial charge in [0, 0.05) is 25.2 Å². The van der Waals surface area contributed by atoms with Crippen molar-refractivity contribution in [2.45, 2.75) is 6.54 Å². The first-order valence-electron chi connectivity index (χ1n) is 5.14. The van der Waals surface area contributed by atoms with Crippen LogP contribution in [0.4, 0.5) is 4.39 Å². The number of benzene rings is 1. The normalized spacial score (nSPS) is 10.9. The fraction of sp³-hybridized carbons (Fsp3) is 0.250. The number of rotatable bonds is 4. The average molecular weight is 237 g/mol. The van der Waals surface area contributed by atoms with Crippen molar-refractivity contribution in [3.8, 4) is 0 Å². The zero-order valence-electron chi connectivity index (χ0n) is 9.31. The molecule has 1 heterocycles. The van der Waals surface area contributed by atoms with Crippen LogP contribution in [-0.2, 0) is 11.3 Å². The van der Waals surface area contributed by atoms with Crippen molar-refractivity contribution in [1.82, 2.24) is 4.57 Å². The van der Waals surface area contributed by atoms with Gasteiger partial charge in [-0.25, -0.2) is 9.18 Å². The van der Waals surface area contributed by atoms with Gasteiger partial charge in [-0.2, -0.15) is 0 Å². The molecule has 17 heavy (non-hydrogen) atoms. The van der Waals surface area contributed by atoms with Gasteiger partial charge in [-0.05, 0) is 6.07 Å². The van der Waals surface area contributed by atoms with Crippen LogP contribution in [0.2, 0.25) is 0 Å². The Labute approximate surface area is 97.2 Å². The maximum atomic E-state index is 13.7. The Bertz CT molecular complexity index is 562. The predicted octanol–water partition coefficient (Wildman–Crippen LogP) is 2.12. The predicted molar refractivity (Wildman–Crippen MR) is 60.7 cm³/mol. The Morgan fingerprint density at radius 1 is 1.53 bits per heavy atom. The van der Waals surface area contributed by atoms with E-state index >= 15 is 0 Å². The van der Waals surface area contributed by atoms with Crippen molar-refractivity contribution >= 4 is 16.9 Å². The molecule has 0 bridgehead atoms. The summed E-state index contributed by atoms with van der Waals surface area (Å²) in [6, 6.07) is 4.42. The Morgan fingerprint density at radius 3 is 2.94 bits per heavy atom. The molecule has 0 amide bonds. The number of carboxylic acids is 1. The first-order valence-corrected chi connectivity index (χ1v) is 5.14. The topological polar surface area (TPSA) is 51.5 Å². The molecular weight excluding hydrogens is 225 g/mol. The summed E-state index contributed by atoms with van der Waals surface area (Å²) >= 11 is 0. The van der Waals surface area contributed by atoms with E-state index in [1.165, 1.54) is 18.3 Å². The minimum absolute atomic E-state index is 0.107. The number of carboxylic acid groups (broad SMARTS) is 1. The van der Waals surface area contributed by atoms with Crippen LogP contribution in [0.25, 0.3) is 10.9 Å². The largest absolute Gasteiger partial charge is 0.478 e. The van der Waals surface area contributed by atoms with Crippen LogP contribution in [0.3, 0.4) is 0 Å². The molecule has 2 rings (SSSR count). The van der Waals surface area contributed by atoms with Gasteiger partial charge in [0.05, 0.1) is 17.7 Å². The van der Waals surface area contributed by atoms with Gasteiger partial charge in [0.25, 0.3) is 0 Å². The van der Waals surface area contributed by atoms with Gasteiger partial charge in [-0.1, -0.05) is 12.1 Å². The highest BCUT2D eigenvalue weighted by Crippen LogP contribution is 2.24. The zero-order valence-corrected chi connectivity index (χ0v) is 9.31. The molecule has 0 aliphatic rings. The number of nitrogens with zero attached hydrogens (tertiary/aromatic N) is 1. The molecule has 2 aromatic rings. The Morgan fingerprint density at radius 2 is 2.29 bits per heavy atom. The standard InChI is InChI=1S/C12H12FNO3/c1-17-6-5-14-7-9(12(15)16)8-3-2-4-10(13)11(8)14/h2-4,7H,5-6H2,1H3,(H,15,16). The number of carbonyl (C=O) groups is 1. The molecule has 1 N–H and O–H groups in total. The number of fused-ring (bicyclic) bond motifs is 1. The maximum absolute atomic E-state index is 13.7. The molecule has 0 atom stereocenters. The smallest absolute Gasteiger partial charge is 0.337 e.